The molecule has 0 radical (unpaired) electrons. The molecule has 0 spiro atoms. The van der Waals surface area contributed by atoms with E-state index in [2.05, 4.69) is 5.32 Å². The van der Waals surface area contributed by atoms with Crippen LogP contribution in [0.4, 0.5) is 10.1 Å². The molecule has 0 aromatic heterocycles. The number of aryl methyl sites for hydroxylation is 1. The van der Waals surface area contributed by atoms with Crippen LogP contribution in [0.2, 0.25) is 0 Å². The predicted molar refractivity (Wildman–Crippen MR) is 82.6 cm³/mol. The molecular formula is C15H18FN3O3S. The largest absolute Gasteiger partial charge is 0.326 e. The molecule has 23 heavy (non-hydrogen) atoms. The number of rotatable bonds is 5. The monoisotopic (exact) mass is 339 g/mol. The summed E-state index contributed by atoms with van der Waals surface area (Å²) in [6, 6.07) is 4.29. The van der Waals surface area contributed by atoms with Crippen molar-refractivity contribution in [2.75, 3.05) is 18.4 Å². The quantitative estimate of drug-likeness (QED) is 0.887. The Morgan fingerprint density at radius 1 is 1.43 bits per heavy atom. The molecule has 1 aliphatic heterocycles. The molecule has 8 heteroatoms. The number of carbonyl (C=O) groups is 1. The minimum absolute atomic E-state index is 0.00257. The Bertz CT molecular complexity index is 771. The zero-order chi connectivity index (χ0) is 17.2. The molecule has 1 atom stereocenters. The highest BCUT2D eigenvalue weighted by atomic mass is 32.2. The van der Waals surface area contributed by atoms with Crippen LogP contribution in [0.1, 0.15) is 25.8 Å². The van der Waals surface area contributed by atoms with Gasteiger partial charge in [-0.1, -0.05) is 6.92 Å². The molecule has 1 heterocycles. The second-order valence-corrected chi connectivity index (χ2v) is 7.38. The van der Waals surface area contributed by atoms with Crippen LogP contribution in [0.3, 0.4) is 0 Å². The van der Waals surface area contributed by atoms with Gasteiger partial charge < -0.3 is 5.32 Å². The number of hydrogen-bond donors (Lipinski definition) is 1. The Kier molecular flexibility index (Phi) is 5.02. The molecule has 124 valence electrons. The van der Waals surface area contributed by atoms with Crippen molar-refractivity contribution in [3.63, 3.8) is 0 Å². The topological polar surface area (TPSA) is 90.3 Å². The van der Waals surface area contributed by atoms with Gasteiger partial charge >= 0.3 is 0 Å². The fraction of sp³-hybridized carbons (Fsp3) is 0.467. The molecule has 0 fully saturated rings. The lowest BCUT2D eigenvalue weighted by Gasteiger charge is -2.23. The van der Waals surface area contributed by atoms with Gasteiger partial charge in [0.25, 0.3) is 0 Å². The van der Waals surface area contributed by atoms with E-state index in [1.807, 2.05) is 6.07 Å². The molecule has 1 aliphatic rings. The van der Waals surface area contributed by atoms with E-state index >= 15 is 0 Å². The molecule has 6 nitrogen and oxygen atoms in total. The summed E-state index contributed by atoms with van der Waals surface area (Å²) in [5.74, 6) is -1.62. The number of sulfonamides is 1. The lowest BCUT2D eigenvalue weighted by atomic mass is 10.0. The number of amides is 1. The maximum absolute atomic E-state index is 14.3. The Labute approximate surface area is 135 Å². The fourth-order valence-electron chi connectivity index (χ4n) is 2.46. The van der Waals surface area contributed by atoms with Crippen LogP contribution in [0.5, 0.6) is 0 Å². The smallest absolute Gasteiger partial charge is 0.246 e. The zero-order valence-corrected chi connectivity index (χ0v) is 13.8. The number of fused-ring (bicyclic) bond motifs is 1. The van der Waals surface area contributed by atoms with Crippen molar-refractivity contribution < 1.29 is 17.6 Å². The van der Waals surface area contributed by atoms with Gasteiger partial charge in [-0.3, -0.25) is 4.79 Å². The lowest BCUT2D eigenvalue weighted by molar-refractivity contribution is -0.116. The van der Waals surface area contributed by atoms with Crippen molar-refractivity contribution in [1.82, 2.24) is 4.31 Å². The molecule has 1 N–H and O–H groups in total. The molecule has 2 rings (SSSR count). The molecule has 0 saturated carbocycles. The Morgan fingerprint density at radius 2 is 2.13 bits per heavy atom. The SMILES string of the molecule is CCN(CC(C)C#N)S(=O)(=O)c1cc2c(cc1F)NC(=O)CC2. The van der Waals surface area contributed by atoms with Gasteiger partial charge in [0.2, 0.25) is 15.9 Å². The molecule has 1 amide bonds. The van der Waals surface area contributed by atoms with Crippen molar-refractivity contribution in [2.24, 2.45) is 5.92 Å². The standard InChI is InChI=1S/C15H18FN3O3S/c1-3-19(9-10(2)8-17)23(21,22)14-6-11-4-5-15(20)18-13(11)7-12(14)16/h6-7,10H,3-5,9H2,1-2H3,(H,18,20). The van der Waals surface area contributed by atoms with Crippen LogP contribution in [0, 0.1) is 23.1 Å². The molecule has 1 aromatic carbocycles. The molecule has 0 aliphatic carbocycles. The first-order valence-corrected chi connectivity index (χ1v) is 8.75. The van der Waals surface area contributed by atoms with E-state index in [1.165, 1.54) is 6.07 Å². The number of benzene rings is 1. The zero-order valence-electron chi connectivity index (χ0n) is 13.0. The van der Waals surface area contributed by atoms with Gasteiger partial charge in [-0.05, 0) is 31.0 Å². The summed E-state index contributed by atoms with van der Waals surface area (Å²) in [7, 11) is -4.04. The average molecular weight is 339 g/mol. The van der Waals surface area contributed by atoms with E-state index in [-0.39, 0.29) is 25.4 Å². The van der Waals surface area contributed by atoms with Gasteiger partial charge in [0, 0.05) is 25.2 Å². The van der Waals surface area contributed by atoms with Crippen LogP contribution in [-0.4, -0.2) is 31.7 Å². The lowest BCUT2D eigenvalue weighted by Crippen LogP contribution is -2.35. The number of halogens is 1. The highest BCUT2D eigenvalue weighted by Crippen LogP contribution is 2.29. The summed E-state index contributed by atoms with van der Waals surface area (Å²) in [6.07, 6.45) is 0.603. The van der Waals surface area contributed by atoms with E-state index in [0.29, 0.717) is 17.7 Å². The van der Waals surface area contributed by atoms with Gasteiger partial charge in [0.15, 0.2) is 0 Å². The maximum atomic E-state index is 14.3. The average Bonchev–Trinajstić information content (AvgIpc) is 2.50. The molecule has 0 saturated heterocycles. The minimum atomic E-state index is -4.04. The van der Waals surface area contributed by atoms with Crippen LogP contribution in [-0.2, 0) is 21.2 Å². The summed E-state index contributed by atoms with van der Waals surface area (Å²) in [6.45, 7) is 3.39. The number of nitrogens with zero attached hydrogens (tertiary/aromatic N) is 2. The Morgan fingerprint density at radius 3 is 2.74 bits per heavy atom. The van der Waals surface area contributed by atoms with Gasteiger partial charge in [-0.15, -0.1) is 0 Å². The van der Waals surface area contributed by atoms with E-state index in [1.54, 1.807) is 13.8 Å². The third-order valence-electron chi connectivity index (χ3n) is 3.72. The van der Waals surface area contributed by atoms with Crippen molar-refractivity contribution >= 4 is 21.6 Å². The Hall–Kier alpha value is -1.98. The third-order valence-corrected chi connectivity index (χ3v) is 5.68. The molecule has 0 bridgehead atoms. The van der Waals surface area contributed by atoms with Crippen molar-refractivity contribution in [1.29, 1.82) is 5.26 Å². The highest BCUT2D eigenvalue weighted by molar-refractivity contribution is 7.89. The second kappa shape index (κ2) is 6.64. The van der Waals surface area contributed by atoms with Crippen LogP contribution < -0.4 is 5.32 Å². The number of nitrogens with one attached hydrogen (secondary N) is 1. The fourth-order valence-corrected chi connectivity index (χ4v) is 4.09. The van der Waals surface area contributed by atoms with Crippen LogP contribution >= 0.6 is 0 Å². The van der Waals surface area contributed by atoms with Crippen molar-refractivity contribution in [2.45, 2.75) is 31.6 Å². The molecule has 1 aromatic rings. The van der Waals surface area contributed by atoms with E-state index < -0.39 is 26.7 Å². The summed E-state index contributed by atoms with van der Waals surface area (Å²) >= 11 is 0. The van der Waals surface area contributed by atoms with Crippen LogP contribution in [0.15, 0.2) is 17.0 Å². The second-order valence-electron chi connectivity index (χ2n) is 5.47. The summed E-state index contributed by atoms with van der Waals surface area (Å²) in [5, 5.41) is 11.4. The molecular weight excluding hydrogens is 321 g/mol. The van der Waals surface area contributed by atoms with Gasteiger partial charge in [0.1, 0.15) is 10.7 Å². The number of nitriles is 1. The minimum Gasteiger partial charge on any atom is -0.326 e. The number of anilines is 1. The van der Waals surface area contributed by atoms with Crippen molar-refractivity contribution in [3.05, 3.63) is 23.5 Å². The van der Waals surface area contributed by atoms with Gasteiger partial charge in [-0.25, -0.2) is 12.8 Å². The molecule has 1 unspecified atom stereocenters. The Balaban J connectivity index is 2.43. The first kappa shape index (κ1) is 17.4. The summed E-state index contributed by atoms with van der Waals surface area (Å²) in [4.78, 5) is 10.9. The van der Waals surface area contributed by atoms with E-state index in [4.69, 9.17) is 5.26 Å². The first-order chi connectivity index (χ1) is 10.8. The maximum Gasteiger partial charge on any atom is 0.246 e. The number of carbonyl (C=O) groups excluding carboxylic acids is 1. The van der Waals surface area contributed by atoms with Crippen LogP contribution in [0.25, 0.3) is 0 Å². The van der Waals surface area contributed by atoms with E-state index in [9.17, 15) is 17.6 Å². The predicted octanol–water partition coefficient (Wildman–Crippen LogP) is 1.88. The highest BCUT2D eigenvalue weighted by Gasteiger charge is 2.29. The van der Waals surface area contributed by atoms with Gasteiger partial charge in [0.05, 0.1) is 12.0 Å². The first-order valence-electron chi connectivity index (χ1n) is 7.31. The summed E-state index contributed by atoms with van der Waals surface area (Å²) in [5.41, 5.74) is 0.903. The van der Waals surface area contributed by atoms with Gasteiger partial charge in [-0.2, -0.15) is 9.57 Å². The normalized spacial score (nSPS) is 15.7. The third kappa shape index (κ3) is 3.51. The summed E-state index contributed by atoms with van der Waals surface area (Å²) < 4.78 is 40.7. The number of hydrogen-bond acceptors (Lipinski definition) is 4. The van der Waals surface area contributed by atoms with Crippen molar-refractivity contribution in [3.8, 4) is 6.07 Å². The van der Waals surface area contributed by atoms with E-state index in [0.717, 1.165) is 10.4 Å².